The second-order valence-corrected chi connectivity index (χ2v) is 5.00. The van der Waals surface area contributed by atoms with Gasteiger partial charge in [-0.15, -0.1) is 24.8 Å². The summed E-state index contributed by atoms with van der Waals surface area (Å²) in [4.78, 5) is 24.4. The molecular weight excluding hydrogens is 301 g/mol. The molecule has 2 N–H and O–H groups in total. The zero-order valence-corrected chi connectivity index (χ0v) is 12.7. The lowest BCUT2D eigenvalue weighted by Crippen LogP contribution is -2.54. The molecule has 112 valence electrons. The number of halogens is 2. The summed E-state index contributed by atoms with van der Waals surface area (Å²) in [5.41, 5.74) is 5.39. The minimum Gasteiger partial charge on any atom is -0.352 e. The lowest BCUT2D eigenvalue weighted by Gasteiger charge is -2.36. The Balaban J connectivity index is 0.000001000. The van der Waals surface area contributed by atoms with Crippen LogP contribution in [0, 0.1) is 0 Å². The zero-order chi connectivity index (χ0) is 12.6. The maximum Gasteiger partial charge on any atom is 0.242 e. The number of nitrogens with zero attached hydrogens (tertiary/aromatic N) is 4. The Kier molecular flexibility index (Phi) is 5.56. The molecule has 6 nitrogen and oxygen atoms in total. The van der Waals surface area contributed by atoms with E-state index in [2.05, 4.69) is 14.9 Å². The normalized spacial score (nSPS) is 19.6. The Morgan fingerprint density at radius 2 is 1.80 bits per heavy atom. The summed E-state index contributed by atoms with van der Waals surface area (Å²) in [5, 5.41) is 0. The number of rotatable bonds is 2. The highest BCUT2D eigenvalue weighted by atomic mass is 35.5. The van der Waals surface area contributed by atoms with Gasteiger partial charge in [-0.2, -0.15) is 0 Å². The average Bonchev–Trinajstić information content (AvgIpc) is 3.18. The lowest BCUT2D eigenvalue weighted by molar-refractivity contribution is -0.133. The minimum atomic E-state index is -0.547. The molecule has 2 aliphatic rings. The van der Waals surface area contributed by atoms with Crippen LogP contribution in [0.1, 0.15) is 12.8 Å². The third-order valence-electron chi connectivity index (χ3n) is 3.66. The highest BCUT2D eigenvalue weighted by Gasteiger charge is 2.48. The van der Waals surface area contributed by atoms with E-state index < -0.39 is 5.54 Å². The Hall–Kier alpha value is -1.11. The van der Waals surface area contributed by atoms with Gasteiger partial charge in [-0.25, -0.2) is 4.98 Å². The van der Waals surface area contributed by atoms with Gasteiger partial charge in [0.05, 0.1) is 11.7 Å². The highest BCUT2D eigenvalue weighted by Crippen LogP contribution is 2.34. The van der Waals surface area contributed by atoms with Crippen molar-refractivity contribution in [3.05, 3.63) is 18.6 Å². The van der Waals surface area contributed by atoms with Crippen LogP contribution >= 0.6 is 24.8 Å². The molecule has 0 bridgehead atoms. The first-order valence-corrected chi connectivity index (χ1v) is 6.28. The summed E-state index contributed by atoms with van der Waals surface area (Å²) in [5.74, 6) is 0.986. The van der Waals surface area contributed by atoms with E-state index in [1.54, 1.807) is 18.6 Å². The van der Waals surface area contributed by atoms with E-state index in [1.807, 2.05) is 4.90 Å². The summed E-state index contributed by atoms with van der Waals surface area (Å²) < 4.78 is 0. The van der Waals surface area contributed by atoms with Crippen molar-refractivity contribution in [2.24, 2.45) is 5.73 Å². The van der Waals surface area contributed by atoms with Gasteiger partial charge in [-0.1, -0.05) is 0 Å². The van der Waals surface area contributed by atoms with Crippen LogP contribution in [0.2, 0.25) is 0 Å². The van der Waals surface area contributed by atoms with E-state index in [9.17, 15) is 4.79 Å². The second-order valence-electron chi connectivity index (χ2n) is 5.00. The molecule has 0 atom stereocenters. The van der Waals surface area contributed by atoms with Gasteiger partial charge in [-0.05, 0) is 12.8 Å². The van der Waals surface area contributed by atoms with E-state index in [-0.39, 0.29) is 30.7 Å². The summed E-state index contributed by atoms with van der Waals surface area (Å²) in [6.45, 7) is 3.02. The maximum atomic E-state index is 12.1. The third kappa shape index (κ3) is 3.31. The number of amides is 1. The first kappa shape index (κ1) is 16.9. The molecule has 1 aliphatic carbocycles. The molecule has 1 saturated heterocycles. The zero-order valence-electron chi connectivity index (χ0n) is 11.1. The van der Waals surface area contributed by atoms with Gasteiger partial charge in [0.25, 0.3) is 0 Å². The molecule has 20 heavy (non-hydrogen) atoms. The molecule has 2 fully saturated rings. The summed E-state index contributed by atoms with van der Waals surface area (Å²) in [7, 11) is 0. The summed E-state index contributed by atoms with van der Waals surface area (Å²) in [6, 6.07) is 0. The molecule has 1 amide bonds. The summed E-state index contributed by atoms with van der Waals surface area (Å²) in [6.07, 6.45) is 6.76. The smallest absolute Gasteiger partial charge is 0.242 e. The van der Waals surface area contributed by atoms with Gasteiger partial charge < -0.3 is 15.5 Å². The van der Waals surface area contributed by atoms with Gasteiger partial charge in [-0.3, -0.25) is 9.78 Å². The molecule has 2 heterocycles. The molecule has 8 heteroatoms. The number of hydrogen-bond donors (Lipinski definition) is 1. The highest BCUT2D eigenvalue weighted by molar-refractivity contribution is 5.89. The maximum absolute atomic E-state index is 12.1. The monoisotopic (exact) mass is 319 g/mol. The number of carbonyl (C=O) groups is 1. The van der Waals surface area contributed by atoms with E-state index >= 15 is 0 Å². The molecule has 1 aliphatic heterocycles. The average molecular weight is 320 g/mol. The number of hydrogen-bond acceptors (Lipinski definition) is 5. The van der Waals surface area contributed by atoms with Gasteiger partial charge in [0.2, 0.25) is 5.91 Å². The predicted molar refractivity (Wildman–Crippen MR) is 81.5 cm³/mol. The third-order valence-corrected chi connectivity index (χ3v) is 3.66. The molecule has 0 radical (unpaired) electrons. The molecule has 0 spiro atoms. The number of piperazine rings is 1. The molecule has 1 aromatic rings. The SMILES string of the molecule is Cl.Cl.NC1(C(=O)N2CCN(c3cnccn3)CC2)CC1. The van der Waals surface area contributed by atoms with Crippen molar-refractivity contribution in [2.45, 2.75) is 18.4 Å². The van der Waals surface area contributed by atoms with Crippen molar-refractivity contribution in [1.82, 2.24) is 14.9 Å². The minimum absolute atomic E-state index is 0. The van der Waals surface area contributed by atoms with Crippen LogP contribution < -0.4 is 10.6 Å². The first-order chi connectivity index (χ1) is 8.69. The Labute approximate surface area is 130 Å². The predicted octanol–water partition coefficient (Wildman–Crippen LogP) is 0.460. The van der Waals surface area contributed by atoms with Gasteiger partial charge in [0.15, 0.2) is 0 Å². The number of carbonyl (C=O) groups excluding carboxylic acids is 1. The first-order valence-electron chi connectivity index (χ1n) is 6.28. The largest absolute Gasteiger partial charge is 0.352 e. The number of aromatic nitrogens is 2. The van der Waals surface area contributed by atoms with Crippen LogP contribution in [0.4, 0.5) is 5.82 Å². The molecular formula is C12H19Cl2N5O. The Bertz CT molecular complexity index is 446. The van der Waals surface area contributed by atoms with Crippen molar-refractivity contribution in [3.63, 3.8) is 0 Å². The molecule has 1 aromatic heterocycles. The topological polar surface area (TPSA) is 75.4 Å². The van der Waals surface area contributed by atoms with E-state index in [0.29, 0.717) is 13.1 Å². The fraction of sp³-hybridized carbons (Fsp3) is 0.583. The van der Waals surface area contributed by atoms with E-state index in [0.717, 1.165) is 31.7 Å². The van der Waals surface area contributed by atoms with E-state index in [4.69, 9.17) is 5.73 Å². The van der Waals surface area contributed by atoms with Crippen LogP contribution in [0.15, 0.2) is 18.6 Å². The van der Waals surface area contributed by atoms with Gasteiger partial charge >= 0.3 is 0 Å². The van der Waals surface area contributed by atoms with E-state index in [1.165, 1.54) is 0 Å². The van der Waals surface area contributed by atoms with Gasteiger partial charge in [0.1, 0.15) is 5.82 Å². The van der Waals surface area contributed by atoms with Crippen LogP contribution in [0.3, 0.4) is 0 Å². The second kappa shape index (κ2) is 6.56. The van der Waals surface area contributed by atoms with Crippen molar-refractivity contribution in [3.8, 4) is 0 Å². The van der Waals surface area contributed by atoms with Crippen LogP contribution in [0.25, 0.3) is 0 Å². The van der Waals surface area contributed by atoms with Crippen molar-refractivity contribution < 1.29 is 4.79 Å². The van der Waals surface area contributed by atoms with Crippen LogP contribution in [-0.4, -0.2) is 52.5 Å². The standard InChI is InChI=1S/C12H17N5O.2ClH/c13-12(1-2-12)11(18)17-7-5-16(6-8-17)10-9-14-3-4-15-10;;/h3-4,9H,1-2,5-8,13H2;2*1H. The Morgan fingerprint density at radius 1 is 1.15 bits per heavy atom. The molecule has 0 unspecified atom stereocenters. The fourth-order valence-corrected chi connectivity index (χ4v) is 2.26. The van der Waals surface area contributed by atoms with Crippen LogP contribution in [0.5, 0.6) is 0 Å². The Morgan fingerprint density at radius 3 is 2.30 bits per heavy atom. The number of nitrogens with two attached hydrogens (primary N) is 1. The molecule has 1 saturated carbocycles. The van der Waals surface area contributed by atoms with Gasteiger partial charge in [0, 0.05) is 38.6 Å². The molecule has 3 rings (SSSR count). The number of anilines is 1. The van der Waals surface area contributed by atoms with Crippen LogP contribution in [-0.2, 0) is 4.79 Å². The fourth-order valence-electron chi connectivity index (χ4n) is 2.26. The van der Waals surface area contributed by atoms with Crippen molar-refractivity contribution >= 4 is 36.5 Å². The molecule has 0 aromatic carbocycles. The lowest BCUT2D eigenvalue weighted by atomic mass is 10.2. The quantitative estimate of drug-likeness (QED) is 0.857. The van der Waals surface area contributed by atoms with Crippen molar-refractivity contribution in [2.75, 3.05) is 31.1 Å². The summed E-state index contributed by atoms with van der Waals surface area (Å²) >= 11 is 0. The van der Waals surface area contributed by atoms with Crippen molar-refractivity contribution in [1.29, 1.82) is 0 Å².